The first-order valence-electron chi connectivity index (χ1n) is 10.7. The average Bonchev–Trinajstić information content (AvgIpc) is 3.16. The van der Waals surface area contributed by atoms with Crippen molar-refractivity contribution in [1.29, 1.82) is 0 Å². The number of hydrogen-bond acceptors (Lipinski definition) is 3. The van der Waals surface area contributed by atoms with Gasteiger partial charge in [0.05, 0.1) is 0 Å². The zero-order valence-electron chi connectivity index (χ0n) is 16.1. The van der Waals surface area contributed by atoms with Gasteiger partial charge in [0.25, 0.3) is 0 Å². The van der Waals surface area contributed by atoms with E-state index in [-0.39, 0.29) is 0 Å². The normalized spacial score (nSPS) is 28.0. The fourth-order valence-electron chi connectivity index (χ4n) is 5.58. The van der Waals surface area contributed by atoms with Crippen LogP contribution in [0.15, 0.2) is 36.9 Å². The molecule has 4 rings (SSSR count). The Hall–Kier alpha value is -1.32. The second-order valence-electron chi connectivity index (χ2n) is 8.31. The molecule has 0 spiro atoms. The Morgan fingerprint density at radius 2 is 1.85 bits per heavy atom. The zero-order valence-corrected chi connectivity index (χ0v) is 16.1. The van der Waals surface area contributed by atoms with E-state index in [1.54, 1.807) is 0 Å². The average molecular weight is 355 g/mol. The SMILES string of the molecule is C=CCOc1ccccc1CN1CCN2CCCC2C1C1CCCCC1. The summed E-state index contributed by atoms with van der Waals surface area (Å²) in [5, 5.41) is 0. The number of rotatable bonds is 6. The Kier molecular flexibility index (Phi) is 5.96. The number of ether oxygens (including phenoxy) is 1. The highest BCUT2D eigenvalue weighted by Crippen LogP contribution is 2.38. The molecule has 142 valence electrons. The molecule has 2 unspecified atom stereocenters. The molecule has 3 nitrogen and oxygen atoms in total. The van der Waals surface area contributed by atoms with Crippen molar-refractivity contribution < 1.29 is 4.74 Å². The van der Waals surface area contributed by atoms with Gasteiger partial charge in [0.15, 0.2) is 0 Å². The maximum Gasteiger partial charge on any atom is 0.124 e. The lowest BCUT2D eigenvalue weighted by Crippen LogP contribution is -2.59. The molecule has 2 saturated heterocycles. The lowest BCUT2D eigenvalue weighted by molar-refractivity contribution is -0.00416. The molecule has 26 heavy (non-hydrogen) atoms. The zero-order chi connectivity index (χ0) is 17.8. The van der Waals surface area contributed by atoms with Gasteiger partial charge in [0.2, 0.25) is 0 Å². The van der Waals surface area contributed by atoms with Gasteiger partial charge in [-0.15, -0.1) is 0 Å². The predicted octanol–water partition coefficient (Wildman–Crippen LogP) is 4.48. The molecule has 1 saturated carbocycles. The number of piperazine rings is 1. The molecular formula is C23H34N2O. The van der Waals surface area contributed by atoms with Gasteiger partial charge in [-0.2, -0.15) is 0 Å². The summed E-state index contributed by atoms with van der Waals surface area (Å²) in [6, 6.07) is 10.1. The van der Waals surface area contributed by atoms with Crippen LogP contribution in [0.5, 0.6) is 5.75 Å². The summed E-state index contributed by atoms with van der Waals surface area (Å²) in [4.78, 5) is 5.59. The Morgan fingerprint density at radius 1 is 1.00 bits per heavy atom. The fraction of sp³-hybridized carbons (Fsp3) is 0.652. The highest BCUT2D eigenvalue weighted by atomic mass is 16.5. The molecule has 2 atom stereocenters. The third kappa shape index (κ3) is 3.84. The van der Waals surface area contributed by atoms with Gasteiger partial charge in [-0.25, -0.2) is 0 Å². The first kappa shape index (κ1) is 18.1. The van der Waals surface area contributed by atoms with Crippen LogP contribution in [0, 0.1) is 5.92 Å². The van der Waals surface area contributed by atoms with Crippen LogP contribution in [0.1, 0.15) is 50.5 Å². The summed E-state index contributed by atoms with van der Waals surface area (Å²) in [6.07, 6.45) is 11.8. The van der Waals surface area contributed by atoms with Crippen molar-refractivity contribution in [3.63, 3.8) is 0 Å². The van der Waals surface area contributed by atoms with Crippen LogP contribution >= 0.6 is 0 Å². The summed E-state index contributed by atoms with van der Waals surface area (Å²) in [5.41, 5.74) is 1.33. The Bertz CT molecular complexity index is 596. The Balaban J connectivity index is 1.54. The second-order valence-corrected chi connectivity index (χ2v) is 8.31. The van der Waals surface area contributed by atoms with E-state index in [9.17, 15) is 0 Å². The third-order valence-corrected chi connectivity index (χ3v) is 6.74. The molecule has 0 radical (unpaired) electrons. The number of para-hydroxylation sites is 1. The van der Waals surface area contributed by atoms with Crippen LogP contribution in [0.3, 0.4) is 0 Å². The summed E-state index contributed by atoms with van der Waals surface area (Å²) in [5.74, 6) is 1.92. The van der Waals surface area contributed by atoms with Crippen molar-refractivity contribution >= 4 is 0 Å². The van der Waals surface area contributed by atoms with Gasteiger partial charge in [0, 0.05) is 37.3 Å². The second kappa shape index (κ2) is 8.58. The number of fused-ring (bicyclic) bond motifs is 1. The minimum absolute atomic E-state index is 0.583. The van der Waals surface area contributed by atoms with Crippen molar-refractivity contribution in [2.75, 3.05) is 26.2 Å². The Labute approximate surface area is 159 Å². The molecule has 3 fully saturated rings. The van der Waals surface area contributed by atoms with E-state index >= 15 is 0 Å². The Morgan fingerprint density at radius 3 is 2.69 bits per heavy atom. The molecule has 0 amide bonds. The van der Waals surface area contributed by atoms with E-state index in [0.717, 1.165) is 30.3 Å². The molecule has 3 heteroatoms. The smallest absolute Gasteiger partial charge is 0.124 e. The maximum atomic E-state index is 5.94. The highest BCUT2D eigenvalue weighted by molar-refractivity contribution is 5.33. The van der Waals surface area contributed by atoms with Gasteiger partial charge in [-0.1, -0.05) is 50.1 Å². The van der Waals surface area contributed by atoms with Gasteiger partial charge >= 0.3 is 0 Å². The number of benzene rings is 1. The van der Waals surface area contributed by atoms with Gasteiger partial charge in [-0.05, 0) is 44.2 Å². The first-order chi connectivity index (χ1) is 12.9. The van der Waals surface area contributed by atoms with E-state index in [4.69, 9.17) is 4.74 Å². The summed E-state index contributed by atoms with van der Waals surface area (Å²) >= 11 is 0. The minimum Gasteiger partial charge on any atom is -0.489 e. The van der Waals surface area contributed by atoms with Crippen molar-refractivity contribution in [1.82, 2.24) is 9.80 Å². The highest BCUT2D eigenvalue weighted by Gasteiger charge is 2.43. The van der Waals surface area contributed by atoms with Crippen LogP contribution < -0.4 is 4.74 Å². The molecule has 2 heterocycles. The molecule has 1 aromatic carbocycles. The predicted molar refractivity (Wildman–Crippen MR) is 108 cm³/mol. The number of nitrogens with zero attached hydrogens (tertiary/aromatic N) is 2. The molecule has 0 N–H and O–H groups in total. The molecule has 3 aliphatic rings. The topological polar surface area (TPSA) is 15.7 Å². The van der Waals surface area contributed by atoms with Crippen molar-refractivity contribution in [2.45, 2.75) is 63.6 Å². The first-order valence-corrected chi connectivity index (χ1v) is 10.7. The van der Waals surface area contributed by atoms with E-state index in [0.29, 0.717) is 6.61 Å². The molecule has 1 aromatic rings. The van der Waals surface area contributed by atoms with Gasteiger partial charge in [0.1, 0.15) is 12.4 Å². The quantitative estimate of drug-likeness (QED) is 0.701. The summed E-state index contributed by atoms with van der Waals surface area (Å²) in [7, 11) is 0. The van der Waals surface area contributed by atoms with Crippen LogP contribution in [-0.4, -0.2) is 48.1 Å². The molecule has 0 aromatic heterocycles. The van der Waals surface area contributed by atoms with Crippen molar-refractivity contribution in [2.24, 2.45) is 5.92 Å². The van der Waals surface area contributed by atoms with Crippen LogP contribution in [0.25, 0.3) is 0 Å². The summed E-state index contributed by atoms with van der Waals surface area (Å²) < 4.78 is 5.94. The molecule has 2 aliphatic heterocycles. The maximum absolute atomic E-state index is 5.94. The van der Waals surface area contributed by atoms with Crippen LogP contribution in [0.4, 0.5) is 0 Å². The largest absolute Gasteiger partial charge is 0.489 e. The standard InChI is InChI=1S/C23H34N2O/c1-2-17-26-22-13-7-6-11-20(22)18-25-16-15-24-14-8-12-21(24)23(25)19-9-4-3-5-10-19/h2,6-7,11,13,19,21,23H,1,3-5,8-10,12,14-18H2. The number of hydrogen-bond donors (Lipinski definition) is 0. The van der Waals surface area contributed by atoms with E-state index in [2.05, 4.69) is 40.6 Å². The summed E-state index contributed by atoms with van der Waals surface area (Å²) in [6.45, 7) is 9.16. The molecule has 0 bridgehead atoms. The molecule has 1 aliphatic carbocycles. The van der Waals surface area contributed by atoms with E-state index in [1.807, 2.05) is 6.08 Å². The van der Waals surface area contributed by atoms with E-state index in [1.165, 1.54) is 70.1 Å². The van der Waals surface area contributed by atoms with Crippen LogP contribution in [0.2, 0.25) is 0 Å². The van der Waals surface area contributed by atoms with Crippen molar-refractivity contribution in [3.8, 4) is 5.75 Å². The lowest BCUT2D eigenvalue weighted by Gasteiger charge is -2.49. The van der Waals surface area contributed by atoms with E-state index < -0.39 is 0 Å². The van der Waals surface area contributed by atoms with Crippen LogP contribution in [-0.2, 0) is 6.54 Å². The minimum atomic E-state index is 0.583. The van der Waals surface area contributed by atoms with Gasteiger partial charge < -0.3 is 4.74 Å². The monoisotopic (exact) mass is 354 g/mol. The fourth-order valence-corrected chi connectivity index (χ4v) is 5.58. The molecular weight excluding hydrogens is 320 g/mol. The lowest BCUT2D eigenvalue weighted by atomic mass is 9.78. The van der Waals surface area contributed by atoms with Gasteiger partial charge in [-0.3, -0.25) is 9.80 Å². The third-order valence-electron chi connectivity index (χ3n) is 6.74. The van der Waals surface area contributed by atoms with Crippen molar-refractivity contribution in [3.05, 3.63) is 42.5 Å².